The average Bonchev–Trinajstić information content (AvgIpc) is 3.13. The fraction of sp³-hybridized carbons (Fsp3) is 0.318. The first-order valence-corrected chi connectivity index (χ1v) is 10.0. The number of aromatic nitrogens is 3. The average molecular weight is 404 g/mol. The van der Waals surface area contributed by atoms with Crippen LogP contribution in [-0.4, -0.2) is 65.5 Å². The number of fused-ring (bicyclic) bond motifs is 5. The highest BCUT2D eigenvalue weighted by molar-refractivity contribution is 6.07. The summed E-state index contributed by atoms with van der Waals surface area (Å²) in [5.74, 6) is -0.329. The number of pyridine rings is 2. The molecule has 0 spiro atoms. The van der Waals surface area contributed by atoms with E-state index < -0.39 is 0 Å². The Labute approximate surface area is 174 Å². The quantitative estimate of drug-likeness (QED) is 0.529. The fourth-order valence-corrected chi connectivity index (χ4v) is 4.21. The number of hydrogen-bond acceptors (Lipinski definition) is 6. The molecule has 8 nitrogen and oxygen atoms in total. The zero-order chi connectivity index (χ0) is 20.8. The summed E-state index contributed by atoms with van der Waals surface area (Å²) in [6.45, 7) is 5.86. The summed E-state index contributed by atoms with van der Waals surface area (Å²) in [5, 5.41) is 0.932. The van der Waals surface area contributed by atoms with Crippen LogP contribution in [0.5, 0.6) is 0 Å². The minimum atomic E-state index is -0.329. The number of rotatable bonds is 3. The van der Waals surface area contributed by atoms with Gasteiger partial charge in [0.15, 0.2) is 5.65 Å². The molecule has 0 atom stereocenters. The molecule has 1 saturated heterocycles. The molecule has 0 unspecified atom stereocenters. The maximum absolute atomic E-state index is 12.8. The number of carbonyl (C=O) groups is 1. The normalized spacial score (nSPS) is 15.4. The summed E-state index contributed by atoms with van der Waals surface area (Å²) in [7, 11) is 3.57. The van der Waals surface area contributed by atoms with Gasteiger partial charge in [0.05, 0.1) is 23.7 Å². The first-order chi connectivity index (χ1) is 14.6. The number of nitrogens with zero attached hydrogens (tertiary/aromatic N) is 5. The number of anilines is 1. The first kappa shape index (κ1) is 18.8. The summed E-state index contributed by atoms with van der Waals surface area (Å²) < 4.78 is 1.99. The predicted octanol–water partition coefficient (Wildman–Crippen LogP) is 2.39. The van der Waals surface area contributed by atoms with E-state index in [9.17, 15) is 4.79 Å². The van der Waals surface area contributed by atoms with E-state index in [1.807, 2.05) is 41.7 Å². The highest BCUT2D eigenvalue weighted by Gasteiger charge is 2.23. The standard InChI is InChI=1S/C22H24N6O2/c1-14-12-19(27-10-8-26(2)9-11-27)15-13-16(22(29)25-30-3)21-24-17-6-4-5-7-18(17)28(21)20(15)23-14/h4-7,12-13H,8-11H2,1-3H3,(H,25,29). The molecule has 1 N–H and O–H groups in total. The minimum Gasteiger partial charge on any atom is -0.368 e. The molecule has 5 rings (SSSR count). The Bertz CT molecular complexity index is 1270. The van der Waals surface area contributed by atoms with E-state index >= 15 is 0 Å². The van der Waals surface area contributed by atoms with Gasteiger partial charge < -0.3 is 9.80 Å². The third-order valence-electron chi connectivity index (χ3n) is 5.73. The van der Waals surface area contributed by atoms with Crippen LogP contribution in [0.25, 0.3) is 27.7 Å². The summed E-state index contributed by atoms with van der Waals surface area (Å²) in [4.78, 5) is 32.1. The molecule has 1 aromatic carbocycles. The zero-order valence-electron chi connectivity index (χ0n) is 17.3. The molecule has 4 heterocycles. The molecule has 3 aromatic heterocycles. The third-order valence-corrected chi connectivity index (χ3v) is 5.73. The van der Waals surface area contributed by atoms with Crippen molar-refractivity contribution in [2.45, 2.75) is 6.92 Å². The predicted molar refractivity (Wildman–Crippen MR) is 117 cm³/mol. The summed E-state index contributed by atoms with van der Waals surface area (Å²) >= 11 is 0. The van der Waals surface area contributed by atoms with Crippen LogP contribution in [0.3, 0.4) is 0 Å². The van der Waals surface area contributed by atoms with Crippen LogP contribution in [-0.2, 0) is 4.84 Å². The molecule has 154 valence electrons. The number of imidazole rings is 1. The van der Waals surface area contributed by atoms with Gasteiger partial charge in [-0.1, -0.05) is 12.1 Å². The number of piperazine rings is 1. The monoisotopic (exact) mass is 404 g/mol. The molecule has 30 heavy (non-hydrogen) atoms. The number of benzene rings is 1. The Morgan fingerprint density at radius 1 is 1.07 bits per heavy atom. The molecular weight excluding hydrogens is 380 g/mol. The maximum Gasteiger partial charge on any atom is 0.278 e. The van der Waals surface area contributed by atoms with Crippen molar-refractivity contribution in [3.8, 4) is 0 Å². The van der Waals surface area contributed by atoms with E-state index in [1.54, 1.807) is 0 Å². The van der Waals surface area contributed by atoms with E-state index in [4.69, 9.17) is 14.8 Å². The van der Waals surface area contributed by atoms with Crippen molar-refractivity contribution in [1.82, 2.24) is 24.7 Å². The second-order valence-corrected chi connectivity index (χ2v) is 7.76. The zero-order valence-corrected chi connectivity index (χ0v) is 17.3. The lowest BCUT2D eigenvalue weighted by molar-refractivity contribution is 0.0539. The fourth-order valence-electron chi connectivity index (χ4n) is 4.21. The Kier molecular flexibility index (Phi) is 4.52. The molecular formula is C22H24N6O2. The Hall–Kier alpha value is -3.23. The summed E-state index contributed by atoms with van der Waals surface area (Å²) in [6, 6.07) is 11.9. The van der Waals surface area contributed by atoms with Crippen LogP contribution in [0.1, 0.15) is 16.1 Å². The van der Waals surface area contributed by atoms with E-state index in [2.05, 4.69) is 28.4 Å². The van der Waals surface area contributed by atoms with Gasteiger partial charge in [0.25, 0.3) is 5.91 Å². The summed E-state index contributed by atoms with van der Waals surface area (Å²) in [6.07, 6.45) is 0. The lowest BCUT2D eigenvalue weighted by atomic mass is 10.1. The van der Waals surface area contributed by atoms with Crippen molar-refractivity contribution in [3.63, 3.8) is 0 Å². The molecule has 0 aliphatic carbocycles. The van der Waals surface area contributed by atoms with Gasteiger partial charge in [0.2, 0.25) is 0 Å². The Morgan fingerprint density at radius 3 is 2.60 bits per heavy atom. The smallest absolute Gasteiger partial charge is 0.278 e. The lowest BCUT2D eigenvalue weighted by Gasteiger charge is -2.34. The van der Waals surface area contributed by atoms with Crippen LogP contribution < -0.4 is 10.4 Å². The van der Waals surface area contributed by atoms with Crippen LogP contribution in [0.2, 0.25) is 0 Å². The van der Waals surface area contributed by atoms with Gasteiger partial charge in [-0.3, -0.25) is 14.0 Å². The number of amides is 1. The van der Waals surface area contributed by atoms with Crippen molar-refractivity contribution in [2.24, 2.45) is 0 Å². The molecule has 1 aliphatic heterocycles. The van der Waals surface area contributed by atoms with Gasteiger partial charge in [0.1, 0.15) is 5.65 Å². The van der Waals surface area contributed by atoms with Crippen LogP contribution in [0.15, 0.2) is 36.4 Å². The lowest BCUT2D eigenvalue weighted by Crippen LogP contribution is -2.44. The second-order valence-electron chi connectivity index (χ2n) is 7.76. The maximum atomic E-state index is 12.8. The number of likely N-dealkylation sites (N-methyl/N-ethyl adjacent to an activating group) is 1. The Morgan fingerprint density at radius 2 is 1.83 bits per heavy atom. The number of hydroxylamine groups is 1. The second kappa shape index (κ2) is 7.23. The van der Waals surface area contributed by atoms with Crippen molar-refractivity contribution in [3.05, 3.63) is 47.7 Å². The highest BCUT2D eigenvalue weighted by atomic mass is 16.6. The molecule has 1 fully saturated rings. The number of nitrogens with one attached hydrogen (secondary N) is 1. The number of para-hydroxylation sites is 2. The van der Waals surface area contributed by atoms with Gasteiger partial charge in [-0.15, -0.1) is 0 Å². The van der Waals surface area contributed by atoms with E-state index in [-0.39, 0.29) is 5.91 Å². The van der Waals surface area contributed by atoms with E-state index in [1.165, 1.54) is 7.11 Å². The van der Waals surface area contributed by atoms with E-state index in [0.29, 0.717) is 11.2 Å². The molecule has 1 aliphatic rings. The number of hydrogen-bond donors (Lipinski definition) is 1. The summed E-state index contributed by atoms with van der Waals surface area (Å²) in [5.41, 5.74) is 8.06. The topological polar surface area (TPSA) is 75.0 Å². The molecule has 4 aromatic rings. The molecule has 8 heteroatoms. The van der Waals surface area contributed by atoms with Crippen molar-refractivity contribution < 1.29 is 9.63 Å². The number of aryl methyl sites for hydroxylation is 1. The largest absolute Gasteiger partial charge is 0.368 e. The molecule has 1 amide bonds. The minimum absolute atomic E-state index is 0.329. The molecule has 0 radical (unpaired) electrons. The molecule has 0 saturated carbocycles. The van der Waals surface area contributed by atoms with Crippen molar-refractivity contribution in [1.29, 1.82) is 0 Å². The molecule has 0 bridgehead atoms. The Balaban J connectivity index is 1.86. The van der Waals surface area contributed by atoms with Crippen LogP contribution in [0, 0.1) is 6.92 Å². The number of carbonyl (C=O) groups excluding carboxylic acids is 1. The van der Waals surface area contributed by atoms with Crippen molar-refractivity contribution >= 4 is 39.3 Å². The van der Waals surface area contributed by atoms with Gasteiger partial charge in [-0.2, -0.15) is 0 Å². The van der Waals surface area contributed by atoms with Crippen LogP contribution >= 0.6 is 0 Å². The van der Waals surface area contributed by atoms with Gasteiger partial charge in [-0.25, -0.2) is 15.4 Å². The first-order valence-electron chi connectivity index (χ1n) is 10.0. The van der Waals surface area contributed by atoms with Gasteiger partial charge >= 0.3 is 0 Å². The third kappa shape index (κ3) is 2.96. The van der Waals surface area contributed by atoms with Gasteiger partial charge in [-0.05, 0) is 38.2 Å². The SMILES string of the molecule is CONC(=O)c1cc2c(N3CCN(C)CC3)cc(C)nc2n2c1nc1ccccc12. The van der Waals surface area contributed by atoms with E-state index in [0.717, 1.165) is 59.6 Å². The van der Waals surface area contributed by atoms with Crippen LogP contribution in [0.4, 0.5) is 5.69 Å². The van der Waals surface area contributed by atoms with Crippen molar-refractivity contribution in [2.75, 3.05) is 45.2 Å². The van der Waals surface area contributed by atoms with Gasteiger partial charge in [0, 0.05) is 42.9 Å². The highest BCUT2D eigenvalue weighted by Crippen LogP contribution is 2.32.